The van der Waals surface area contributed by atoms with Gasteiger partial charge < -0.3 is 14.7 Å². The number of nitrogens with zero attached hydrogens (tertiary/aromatic N) is 6. The number of carbonyl (C=O) groups is 1. The topological polar surface area (TPSA) is 65.5 Å². The lowest BCUT2D eigenvalue weighted by Crippen LogP contribution is -2.48. The van der Waals surface area contributed by atoms with Gasteiger partial charge >= 0.3 is 0 Å². The van der Waals surface area contributed by atoms with E-state index in [4.69, 9.17) is 0 Å². The molecule has 0 saturated carbocycles. The summed E-state index contributed by atoms with van der Waals surface area (Å²) in [7, 11) is 1.92. The highest BCUT2D eigenvalue weighted by atomic mass is 16.2. The van der Waals surface area contributed by atoms with Gasteiger partial charge in [0.1, 0.15) is 0 Å². The Kier molecular flexibility index (Phi) is 4.36. The van der Waals surface area contributed by atoms with E-state index in [0.717, 1.165) is 24.6 Å². The smallest absolute Gasteiger partial charge is 0.251 e. The molecule has 120 valence electrons. The third kappa shape index (κ3) is 3.39. The first-order valence-electron chi connectivity index (χ1n) is 7.64. The van der Waals surface area contributed by atoms with E-state index in [-0.39, 0.29) is 5.91 Å². The van der Waals surface area contributed by atoms with Crippen LogP contribution in [0.5, 0.6) is 0 Å². The molecular weight excluding hydrogens is 292 g/mol. The van der Waals surface area contributed by atoms with Gasteiger partial charge in [-0.3, -0.25) is 4.79 Å². The summed E-state index contributed by atoms with van der Waals surface area (Å²) in [5.74, 6) is 1.47. The minimum Gasteiger partial charge on any atom is -0.352 e. The Morgan fingerprint density at radius 1 is 1.13 bits per heavy atom. The van der Waals surface area contributed by atoms with Gasteiger partial charge in [0.25, 0.3) is 5.95 Å². The number of piperazine rings is 1. The number of amides is 1. The number of rotatable bonds is 3. The van der Waals surface area contributed by atoms with E-state index >= 15 is 0 Å². The summed E-state index contributed by atoms with van der Waals surface area (Å²) in [6.45, 7) is 4.54. The van der Waals surface area contributed by atoms with Crippen molar-refractivity contribution < 1.29 is 4.79 Å². The normalized spacial score (nSPS) is 14.7. The number of benzene rings is 1. The molecule has 0 aliphatic carbocycles. The third-order valence-electron chi connectivity index (χ3n) is 4.03. The van der Waals surface area contributed by atoms with Gasteiger partial charge in [0.2, 0.25) is 5.91 Å². The molecule has 1 aromatic carbocycles. The van der Waals surface area contributed by atoms with Crippen molar-refractivity contribution in [2.24, 2.45) is 0 Å². The number of hydrogen-bond acceptors (Lipinski definition) is 6. The van der Waals surface area contributed by atoms with Crippen LogP contribution in [-0.4, -0.2) is 59.2 Å². The van der Waals surface area contributed by atoms with Crippen LogP contribution in [0.15, 0.2) is 36.5 Å². The molecule has 2 aromatic rings. The lowest BCUT2D eigenvalue weighted by Gasteiger charge is -2.34. The molecular formula is C16H20N6O. The molecule has 1 aromatic heterocycles. The van der Waals surface area contributed by atoms with Crippen LogP contribution >= 0.6 is 0 Å². The molecule has 0 atom stereocenters. The first-order chi connectivity index (χ1) is 11.1. The van der Waals surface area contributed by atoms with Crippen LogP contribution in [0.3, 0.4) is 0 Å². The van der Waals surface area contributed by atoms with Crippen molar-refractivity contribution in [2.75, 3.05) is 43.0 Å². The fourth-order valence-electron chi connectivity index (χ4n) is 2.60. The summed E-state index contributed by atoms with van der Waals surface area (Å²) in [6.07, 6.45) is 1.67. The van der Waals surface area contributed by atoms with Gasteiger partial charge in [-0.25, -0.2) is 0 Å². The van der Waals surface area contributed by atoms with Crippen LogP contribution in [0.25, 0.3) is 0 Å². The summed E-state index contributed by atoms with van der Waals surface area (Å²) in [5.41, 5.74) is 1.01. The average molecular weight is 312 g/mol. The van der Waals surface area contributed by atoms with Crippen LogP contribution < -0.4 is 9.80 Å². The molecule has 0 radical (unpaired) electrons. The fourth-order valence-corrected chi connectivity index (χ4v) is 2.60. The molecule has 0 bridgehead atoms. The molecule has 1 fully saturated rings. The van der Waals surface area contributed by atoms with Gasteiger partial charge in [0.05, 0.1) is 6.20 Å². The van der Waals surface area contributed by atoms with Crippen LogP contribution in [0, 0.1) is 0 Å². The van der Waals surface area contributed by atoms with Gasteiger partial charge in [-0.1, -0.05) is 18.2 Å². The maximum absolute atomic E-state index is 11.4. The Labute approximate surface area is 135 Å². The van der Waals surface area contributed by atoms with Gasteiger partial charge in [0.15, 0.2) is 5.82 Å². The molecule has 23 heavy (non-hydrogen) atoms. The number of aromatic nitrogens is 3. The monoisotopic (exact) mass is 312 g/mol. The fraction of sp³-hybridized carbons (Fsp3) is 0.375. The second kappa shape index (κ2) is 6.60. The maximum atomic E-state index is 11.4. The van der Waals surface area contributed by atoms with Crippen molar-refractivity contribution in [3.8, 4) is 0 Å². The maximum Gasteiger partial charge on any atom is 0.251 e. The van der Waals surface area contributed by atoms with Crippen LogP contribution in [0.2, 0.25) is 0 Å². The molecule has 1 amide bonds. The van der Waals surface area contributed by atoms with E-state index in [1.807, 2.05) is 47.2 Å². The van der Waals surface area contributed by atoms with Gasteiger partial charge in [0, 0.05) is 45.8 Å². The highest BCUT2D eigenvalue weighted by Gasteiger charge is 2.20. The lowest BCUT2D eigenvalue weighted by molar-refractivity contribution is -0.129. The Morgan fingerprint density at radius 3 is 2.48 bits per heavy atom. The SMILES string of the molecule is CC(=O)N1CCN(c2cnnc(N(C)c3ccccc3)n2)CC1. The summed E-state index contributed by atoms with van der Waals surface area (Å²) in [4.78, 5) is 21.9. The average Bonchev–Trinajstić information content (AvgIpc) is 2.62. The number of para-hydroxylation sites is 1. The van der Waals surface area contributed by atoms with Gasteiger partial charge in [-0.05, 0) is 12.1 Å². The van der Waals surface area contributed by atoms with Crippen molar-refractivity contribution in [3.05, 3.63) is 36.5 Å². The molecule has 2 heterocycles. The standard InChI is InChI=1S/C16H20N6O/c1-13(23)21-8-10-22(11-9-21)15-12-17-19-16(18-15)20(2)14-6-4-3-5-7-14/h3-7,12H,8-11H2,1-2H3. The Morgan fingerprint density at radius 2 is 1.83 bits per heavy atom. The minimum atomic E-state index is 0.120. The van der Waals surface area contributed by atoms with Crippen LogP contribution in [0.1, 0.15) is 6.92 Å². The van der Waals surface area contributed by atoms with E-state index in [2.05, 4.69) is 20.1 Å². The summed E-state index contributed by atoms with van der Waals surface area (Å²) >= 11 is 0. The van der Waals surface area contributed by atoms with E-state index < -0.39 is 0 Å². The third-order valence-corrected chi connectivity index (χ3v) is 4.03. The molecule has 0 N–H and O–H groups in total. The van der Waals surface area contributed by atoms with Crippen molar-refractivity contribution in [1.29, 1.82) is 0 Å². The van der Waals surface area contributed by atoms with E-state index in [1.54, 1.807) is 13.1 Å². The van der Waals surface area contributed by atoms with Crippen LogP contribution in [0.4, 0.5) is 17.5 Å². The molecule has 1 aliphatic rings. The first-order valence-corrected chi connectivity index (χ1v) is 7.64. The lowest BCUT2D eigenvalue weighted by atomic mass is 10.3. The molecule has 7 nitrogen and oxygen atoms in total. The Balaban J connectivity index is 1.74. The predicted molar refractivity (Wildman–Crippen MR) is 88.8 cm³/mol. The molecule has 0 unspecified atom stereocenters. The Hall–Kier alpha value is -2.70. The van der Waals surface area contributed by atoms with Crippen molar-refractivity contribution >= 4 is 23.4 Å². The zero-order valence-electron chi connectivity index (χ0n) is 13.4. The molecule has 1 saturated heterocycles. The number of hydrogen-bond donors (Lipinski definition) is 0. The van der Waals surface area contributed by atoms with Crippen molar-refractivity contribution in [1.82, 2.24) is 20.1 Å². The first kappa shape index (κ1) is 15.2. The molecule has 0 spiro atoms. The van der Waals surface area contributed by atoms with E-state index in [0.29, 0.717) is 19.0 Å². The summed E-state index contributed by atoms with van der Waals surface area (Å²) in [6, 6.07) is 9.93. The summed E-state index contributed by atoms with van der Waals surface area (Å²) < 4.78 is 0. The minimum absolute atomic E-state index is 0.120. The number of anilines is 3. The molecule has 7 heteroatoms. The highest BCUT2D eigenvalue weighted by molar-refractivity contribution is 5.73. The van der Waals surface area contributed by atoms with Crippen molar-refractivity contribution in [2.45, 2.75) is 6.92 Å². The summed E-state index contributed by atoms with van der Waals surface area (Å²) in [5, 5.41) is 8.21. The van der Waals surface area contributed by atoms with Gasteiger partial charge in [-0.15, -0.1) is 5.10 Å². The Bertz CT molecular complexity index is 669. The van der Waals surface area contributed by atoms with Crippen LogP contribution in [-0.2, 0) is 4.79 Å². The quantitative estimate of drug-likeness (QED) is 0.851. The zero-order chi connectivity index (χ0) is 16.2. The molecule has 1 aliphatic heterocycles. The highest BCUT2D eigenvalue weighted by Crippen LogP contribution is 2.21. The zero-order valence-corrected chi connectivity index (χ0v) is 13.4. The second-order valence-electron chi connectivity index (χ2n) is 5.50. The van der Waals surface area contributed by atoms with Gasteiger partial charge in [-0.2, -0.15) is 10.1 Å². The molecule has 3 rings (SSSR count). The van der Waals surface area contributed by atoms with E-state index in [9.17, 15) is 4.79 Å². The second-order valence-corrected chi connectivity index (χ2v) is 5.50. The van der Waals surface area contributed by atoms with Crippen molar-refractivity contribution in [3.63, 3.8) is 0 Å². The van der Waals surface area contributed by atoms with E-state index in [1.165, 1.54) is 0 Å². The number of carbonyl (C=O) groups excluding carboxylic acids is 1. The predicted octanol–water partition coefficient (Wildman–Crippen LogP) is 1.31. The largest absolute Gasteiger partial charge is 0.352 e.